The minimum atomic E-state index is -1.13. The smallest absolute Gasteiger partial charge is 0.264 e. The normalized spacial score (nSPS) is 21.5. The summed E-state index contributed by atoms with van der Waals surface area (Å²) in [6, 6.07) is 11.4. The summed E-state index contributed by atoms with van der Waals surface area (Å²) >= 11 is 0. The van der Waals surface area contributed by atoms with Gasteiger partial charge in [-0.2, -0.15) is 0 Å². The number of nitrogens with one attached hydrogen (secondary N) is 6. The molecular formula is C67H101N13O7. The van der Waals surface area contributed by atoms with Crippen LogP contribution < -0.4 is 26.6 Å². The molecule has 3 aromatic heterocycles. The van der Waals surface area contributed by atoms with Gasteiger partial charge in [-0.3, -0.25) is 38.9 Å². The van der Waals surface area contributed by atoms with E-state index in [0.717, 1.165) is 112 Å². The van der Waals surface area contributed by atoms with Crippen molar-refractivity contribution in [2.75, 3.05) is 56.4 Å². The minimum Gasteiger partial charge on any atom is -0.387 e. The fourth-order valence-electron chi connectivity index (χ4n) is 13.2. The first-order valence-corrected chi connectivity index (χ1v) is 33.3. The van der Waals surface area contributed by atoms with Crippen molar-refractivity contribution in [2.24, 2.45) is 5.92 Å². The average Bonchev–Trinajstić information content (AvgIpc) is 1.76. The summed E-state index contributed by atoms with van der Waals surface area (Å²) in [6.45, 7) is 17.3. The van der Waals surface area contributed by atoms with Gasteiger partial charge >= 0.3 is 0 Å². The predicted octanol–water partition coefficient (Wildman–Crippen LogP) is 9.87. The van der Waals surface area contributed by atoms with Gasteiger partial charge in [-0.25, -0.2) is 19.9 Å². The van der Waals surface area contributed by atoms with Crippen LogP contribution in [0.5, 0.6) is 0 Å². The van der Waals surface area contributed by atoms with Crippen LogP contribution >= 0.6 is 0 Å². The number of imide groups is 2. The lowest BCUT2D eigenvalue weighted by molar-refractivity contribution is -0.136. The first kappa shape index (κ1) is 65.5. The molecule has 1 saturated carbocycles. The van der Waals surface area contributed by atoms with Crippen LogP contribution in [-0.4, -0.2) is 155 Å². The molecule has 87 heavy (non-hydrogen) atoms. The number of hydrogen-bond acceptors (Lipinski definition) is 16. The molecule has 5 atom stereocenters. The topological polar surface area (TPSA) is 257 Å². The molecule has 5 aromatic rings. The van der Waals surface area contributed by atoms with Crippen molar-refractivity contribution >= 4 is 57.3 Å². The first-order chi connectivity index (χ1) is 42.2. The molecule has 2 aromatic carbocycles. The number of aryl methyl sites for hydroxylation is 1. The van der Waals surface area contributed by atoms with Crippen LogP contribution in [0.4, 0.5) is 11.5 Å². The summed E-state index contributed by atoms with van der Waals surface area (Å²) in [5.41, 5.74) is 5.93. The van der Waals surface area contributed by atoms with Crippen molar-refractivity contribution in [3.8, 4) is 0 Å². The number of aliphatic hydroxyl groups is 2. The fourth-order valence-corrected chi connectivity index (χ4v) is 13.2. The molecule has 2 saturated heterocycles. The Morgan fingerprint density at radius 2 is 1.36 bits per heavy atom. The Kier molecular flexibility index (Phi) is 24.1. The molecule has 1 aliphatic carbocycles. The van der Waals surface area contributed by atoms with E-state index in [2.05, 4.69) is 104 Å². The molecule has 0 spiro atoms. The van der Waals surface area contributed by atoms with E-state index in [1.54, 1.807) is 29.1 Å². The lowest BCUT2D eigenvalue weighted by Crippen LogP contribution is -2.54. The first-order valence-electron chi connectivity index (χ1n) is 33.3. The van der Waals surface area contributed by atoms with E-state index < -0.39 is 48.3 Å². The van der Waals surface area contributed by atoms with E-state index in [4.69, 9.17) is 9.72 Å². The van der Waals surface area contributed by atoms with Gasteiger partial charge in [-0.15, -0.1) is 0 Å². The van der Waals surface area contributed by atoms with E-state index >= 15 is 0 Å². The van der Waals surface area contributed by atoms with E-state index in [-0.39, 0.29) is 30.2 Å². The Bertz CT molecular complexity index is 3020. The van der Waals surface area contributed by atoms with Crippen LogP contribution in [0.2, 0.25) is 0 Å². The molecule has 3 fully saturated rings. The average molecular weight is 1200 g/mol. The number of unbranched alkanes of at least 4 members (excludes halogenated alkanes) is 15. The van der Waals surface area contributed by atoms with E-state index in [9.17, 15) is 29.4 Å². The van der Waals surface area contributed by atoms with Crippen molar-refractivity contribution < 1.29 is 34.1 Å². The fraction of sp³-hybridized carbons (Fsp3) is 0.672. The number of imidazole rings is 2. The summed E-state index contributed by atoms with van der Waals surface area (Å²) in [5, 5.41) is 39.0. The molecule has 9 rings (SSSR count). The van der Waals surface area contributed by atoms with Gasteiger partial charge in [0.25, 0.3) is 11.8 Å². The molecule has 20 heteroatoms. The third kappa shape index (κ3) is 17.5. The maximum Gasteiger partial charge on any atom is 0.264 e. The van der Waals surface area contributed by atoms with Gasteiger partial charge in [0.2, 0.25) is 11.8 Å². The number of rotatable bonds is 38. The van der Waals surface area contributed by atoms with Crippen molar-refractivity contribution in [2.45, 2.75) is 237 Å². The summed E-state index contributed by atoms with van der Waals surface area (Å²) in [5.74, 6) is 0.378. The van der Waals surface area contributed by atoms with Crippen molar-refractivity contribution in [1.82, 2.24) is 55.2 Å². The van der Waals surface area contributed by atoms with Gasteiger partial charge in [0.05, 0.1) is 28.5 Å². The number of nitrogens with zero attached hydrogens (tertiary/aromatic N) is 7. The van der Waals surface area contributed by atoms with Gasteiger partial charge < -0.3 is 41.2 Å². The molecule has 4 aliphatic rings. The van der Waals surface area contributed by atoms with Gasteiger partial charge in [0.15, 0.2) is 23.2 Å². The highest BCUT2D eigenvalue weighted by Crippen LogP contribution is 2.39. The number of carbonyl (C=O) groups excluding carboxylic acids is 4. The SMILES string of the molecule is CC(C)N(C[C@H]1O[C@@H](n2cnc3c(NCCCCNCCCCCCCCCCCCNCCCCCCCCNc4cccc5c4C(=O)N(C4CCC(=O)NC4=O)C5=O)ncnc32)C(O)C1O)C1CC(CCc2nc3cc(C(C)(C)C)ccc3[nH]2)C1. The molecule has 3 aliphatic heterocycles. The number of H-pyrrole nitrogens is 1. The van der Waals surface area contributed by atoms with Crippen molar-refractivity contribution in [3.63, 3.8) is 0 Å². The highest BCUT2D eigenvalue weighted by atomic mass is 16.6. The number of aromatic amines is 1. The highest BCUT2D eigenvalue weighted by Gasteiger charge is 2.48. The maximum absolute atomic E-state index is 13.3. The number of aromatic nitrogens is 6. The predicted molar refractivity (Wildman–Crippen MR) is 342 cm³/mol. The monoisotopic (exact) mass is 1200 g/mol. The number of fused-ring (bicyclic) bond motifs is 3. The van der Waals surface area contributed by atoms with Crippen LogP contribution in [-0.2, 0) is 26.2 Å². The molecule has 0 radical (unpaired) electrons. The van der Waals surface area contributed by atoms with E-state index in [1.807, 2.05) is 0 Å². The number of ether oxygens (including phenoxy) is 1. The number of carbonyl (C=O) groups is 4. The zero-order valence-corrected chi connectivity index (χ0v) is 52.7. The van der Waals surface area contributed by atoms with Gasteiger partial charge in [-0.1, -0.05) is 110 Å². The van der Waals surface area contributed by atoms with Gasteiger partial charge in [0, 0.05) is 50.2 Å². The highest BCUT2D eigenvalue weighted by molar-refractivity contribution is 6.25. The molecular weight excluding hydrogens is 1100 g/mol. The van der Waals surface area contributed by atoms with Crippen molar-refractivity contribution in [1.29, 1.82) is 0 Å². The summed E-state index contributed by atoms with van der Waals surface area (Å²) < 4.78 is 8.21. The second-order valence-electron chi connectivity index (χ2n) is 26.5. The second kappa shape index (κ2) is 32.0. The number of amides is 4. The summed E-state index contributed by atoms with van der Waals surface area (Å²) in [4.78, 5) is 76.0. The van der Waals surface area contributed by atoms with E-state index in [1.165, 1.54) is 95.4 Å². The summed E-state index contributed by atoms with van der Waals surface area (Å²) in [6.07, 6.45) is 26.0. The number of aliphatic hydroxyl groups excluding tert-OH is 2. The summed E-state index contributed by atoms with van der Waals surface area (Å²) in [7, 11) is 0. The van der Waals surface area contributed by atoms with Crippen LogP contribution in [0.3, 0.4) is 0 Å². The Balaban J connectivity index is 0.535. The van der Waals surface area contributed by atoms with Gasteiger partial charge in [-0.05, 0) is 145 Å². The lowest BCUT2D eigenvalue weighted by atomic mass is 9.76. The van der Waals surface area contributed by atoms with Crippen LogP contribution in [0.15, 0.2) is 49.1 Å². The van der Waals surface area contributed by atoms with Gasteiger partial charge in [0.1, 0.15) is 36.5 Å². The number of benzene rings is 2. The largest absolute Gasteiger partial charge is 0.387 e. The van der Waals surface area contributed by atoms with E-state index in [0.29, 0.717) is 58.8 Å². The zero-order valence-electron chi connectivity index (χ0n) is 52.7. The molecule has 476 valence electrons. The molecule has 4 amide bonds. The van der Waals surface area contributed by atoms with Crippen LogP contribution in [0.25, 0.3) is 22.2 Å². The number of anilines is 2. The number of hydrogen-bond donors (Lipinski definition) is 8. The zero-order chi connectivity index (χ0) is 61.3. The Morgan fingerprint density at radius 3 is 2.00 bits per heavy atom. The molecule has 8 N–H and O–H groups in total. The lowest BCUT2D eigenvalue weighted by Gasteiger charge is -2.46. The van der Waals surface area contributed by atoms with Crippen LogP contribution in [0.1, 0.15) is 221 Å². The maximum atomic E-state index is 13.3. The van der Waals surface area contributed by atoms with Crippen molar-refractivity contribution in [3.05, 3.63) is 71.6 Å². The third-order valence-corrected chi connectivity index (χ3v) is 18.5. The molecule has 6 heterocycles. The second-order valence-corrected chi connectivity index (χ2v) is 26.5. The molecule has 20 nitrogen and oxygen atoms in total. The Hall–Kier alpha value is -5.90. The Morgan fingerprint density at radius 1 is 0.736 bits per heavy atom. The Labute approximate surface area is 515 Å². The number of piperidine rings is 1. The van der Waals surface area contributed by atoms with Crippen LogP contribution in [0, 0.1) is 5.92 Å². The molecule has 3 unspecified atom stereocenters. The molecule has 0 bridgehead atoms. The third-order valence-electron chi connectivity index (χ3n) is 18.5. The minimum absolute atomic E-state index is 0.0873. The standard InChI is InChI=1S/C67H101N13O7/c1-45(2)78(48-39-46(40-48)27-31-55-75-50-29-28-47(67(3,4)5)41-52(50)76-55)42-54-59(82)60(83)66(87-54)79-44-74-58-61(72-43-73-62(58)79)71-38-23-22-36-69-35-19-15-11-9-7-6-8-10-14-18-33-68-34-20-16-12-13-17-21-37-70-51-26-24-25-49-57(51)65(86)80(64(49)85)53-30-32-56(81)77-63(53)84/h24-26,28-29,41,43-46,48,53-54,59-60,66,68-70,82-83H,6-23,27,30-40,42H2,1-5H3,(H,75,76)(H,71,72,73)(H,77,81,84)/t46?,48?,53?,54-,59?,60?,66-/m1/s1. The quantitative estimate of drug-likeness (QED) is 0.0135.